The Bertz CT molecular complexity index is 596. The van der Waals surface area contributed by atoms with Gasteiger partial charge in [-0.2, -0.15) is 0 Å². The predicted molar refractivity (Wildman–Crippen MR) is 76.8 cm³/mol. The number of carbonyl (C=O) groups excluding carboxylic acids is 1. The third kappa shape index (κ3) is 2.30. The number of hydrogen-bond acceptors (Lipinski definition) is 2. The van der Waals surface area contributed by atoms with E-state index in [2.05, 4.69) is 0 Å². The van der Waals surface area contributed by atoms with Crippen LogP contribution in [0.25, 0.3) is 10.9 Å². The average molecular weight is 257 g/mol. The number of nitrogens with zero attached hydrogens (tertiary/aromatic N) is 2. The second kappa shape index (κ2) is 4.96. The van der Waals surface area contributed by atoms with Crippen LogP contribution in [0, 0.1) is 0 Å². The zero-order valence-corrected chi connectivity index (χ0v) is 11.0. The molecule has 1 fully saturated rings. The molecular formula is C15H19N3O. The minimum absolute atomic E-state index is 0.208. The average Bonchev–Trinajstić information content (AvgIpc) is 2.84. The van der Waals surface area contributed by atoms with Crippen LogP contribution in [0.3, 0.4) is 0 Å². The zero-order chi connectivity index (χ0) is 13.2. The van der Waals surface area contributed by atoms with E-state index in [9.17, 15) is 4.79 Å². The number of carbonyl (C=O) groups is 1. The van der Waals surface area contributed by atoms with Gasteiger partial charge >= 0.3 is 0 Å². The van der Waals surface area contributed by atoms with Crippen LogP contribution in [0.15, 0.2) is 30.5 Å². The van der Waals surface area contributed by atoms with Crippen LogP contribution in [0.5, 0.6) is 0 Å². The summed E-state index contributed by atoms with van der Waals surface area (Å²) in [6.07, 6.45) is 5.45. The lowest BCUT2D eigenvalue weighted by Crippen LogP contribution is -2.37. The predicted octanol–water partition coefficient (Wildman–Crippen LogP) is 2.24. The Labute approximate surface area is 112 Å². The van der Waals surface area contributed by atoms with Gasteiger partial charge in [-0.15, -0.1) is 0 Å². The molecule has 2 N–H and O–H groups in total. The van der Waals surface area contributed by atoms with E-state index in [-0.39, 0.29) is 5.91 Å². The molecule has 4 nitrogen and oxygen atoms in total. The van der Waals surface area contributed by atoms with Crippen molar-refractivity contribution in [1.82, 2.24) is 9.47 Å². The first-order valence-electron chi connectivity index (χ1n) is 6.87. The molecule has 3 rings (SSSR count). The molecular weight excluding hydrogens is 238 g/mol. The number of rotatable bonds is 2. The van der Waals surface area contributed by atoms with Crippen molar-refractivity contribution in [3.8, 4) is 0 Å². The largest absolute Gasteiger partial charge is 0.398 e. The summed E-state index contributed by atoms with van der Waals surface area (Å²) in [7, 11) is 0. The molecule has 0 saturated carbocycles. The Balaban J connectivity index is 1.81. The molecule has 19 heavy (non-hydrogen) atoms. The number of benzene rings is 1. The molecule has 1 amide bonds. The molecule has 1 aliphatic heterocycles. The van der Waals surface area contributed by atoms with Crippen molar-refractivity contribution in [2.75, 3.05) is 18.8 Å². The molecule has 0 aliphatic carbocycles. The van der Waals surface area contributed by atoms with Gasteiger partial charge in [0.2, 0.25) is 5.91 Å². The Morgan fingerprint density at radius 1 is 1.16 bits per heavy atom. The van der Waals surface area contributed by atoms with Crippen molar-refractivity contribution in [3.63, 3.8) is 0 Å². The standard InChI is InChI=1S/C15H19N3O/c16-13-5-4-6-14-12(13)7-10-18(14)11-15(19)17-8-2-1-3-9-17/h4-7,10H,1-3,8-9,11,16H2. The van der Waals surface area contributed by atoms with Crippen LogP contribution < -0.4 is 5.73 Å². The first kappa shape index (κ1) is 12.1. The van der Waals surface area contributed by atoms with Gasteiger partial charge in [0.15, 0.2) is 0 Å². The van der Waals surface area contributed by atoms with E-state index in [1.807, 2.05) is 39.9 Å². The highest BCUT2D eigenvalue weighted by molar-refractivity contribution is 5.92. The quantitative estimate of drug-likeness (QED) is 0.839. The molecule has 1 saturated heterocycles. The maximum absolute atomic E-state index is 12.3. The number of likely N-dealkylation sites (tertiary alicyclic amines) is 1. The number of amides is 1. The number of nitrogens with two attached hydrogens (primary N) is 1. The van der Waals surface area contributed by atoms with Crippen LogP contribution in [0.4, 0.5) is 5.69 Å². The maximum Gasteiger partial charge on any atom is 0.242 e. The van der Waals surface area contributed by atoms with Gasteiger partial charge in [-0.05, 0) is 37.5 Å². The van der Waals surface area contributed by atoms with Gasteiger partial charge in [0.1, 0.15) is 6.54 Å². The van der Waals surface area contributed by atoms with Crippen molar-refractivity contribution in [2.45, 2.75) is 25.8 Å². The molecule has 1 aromatic heterocycles. The number of piperidine rings is 1. The molecule has 0 atom stereocenters. The monoisotopic (exact) mass is 257 g/mol. The van der Waals surface area contributed by atoms with Crippen LogP contribution in [0.1, 0.15) is 19.3 Å². The van der Waals surface area contributed by atoms with Crippen molar-refractivity contribution in [1.29, 1.82) is 0 Å². The minimum atomic E-state index is 0.208. The van der Waals surface area contributed by atoms with E-state index in [0.717, 1.165) is 42.5 Å². The van der Waals surface area contributed by atoms with Crippen molar-refractivity contribution < 1.29 is 4.79 Å². The molecule has 1 aromatic carbocycles. The number of fused-ring (bicyclic) bond motifs is 1. The summed E-state index contributed by atoms with van der Waals surface area (Å²) in [5.74, 6) is 0.208. The number of anilines is 1. The maximum atomic E-state index is 12.3. The lowest BCUT2D eigenvalue weighted by Gasteiger charge is -2.27. The molecule has 2 heterocycles. The third-order valence-electron chi connectivity index (χ3n) is 3.86. The number of nitrogen functional groups attached to an aromatic ring is 1. The summed E-state index contributed by atoms with van der Waals surface area (Å²) in [5.41, 5.74) is 7.73. The van der Waals surface area contributed by atoms with Gasteiger partial charge in [-0.1, -0.05) is 6.07 Å². The van der Waals surface area contributed by atoms with Crippen molar-refractivity contribution in [2.24, 2.45) is 0 Å². The highest BCUT2D eigenvalue weighted by Gasteiger charge is 2.17. The first-order chi connectivity index (χ1) is 9.25. The lowest BCUT2D eigenvalue weighted by molar-refractivity contribution is -0.132. The van der Waals surface area contributed by atoms with E-state index in [1.54, 1.807) is 0 Å². The molecule has 100 valence electrons. The summed E-state index contributed by atoms with van der Waals surface area (Å²) >= 11 is 0. The fraction of sp³-hybridized carbons (Fsp3) is 0.400. The lowest BCUT2D eigenvalue weighted by atomic mass is 10.1. The number of aromatic nitrogens is 1. The molecule has 0 radical (unpaired) electrons. The minimum Gasteiger partial charge on any atom is -0.398 e. The van der Waals surface area contributed by atoms with Crippen molar-refractivity contribution >= 4 is 22.5 Å². The fourth-order valence-electron chi connectivity index (χ4n) is 2.77. The first-order valence-corrected chi connectivity index (χ1v) is 6.87. The second-order valence-corrected chi connectivity index (χ2v) is 5.17. The molecule has 4 heteroatoms. The number of hydrogen-bond donors (Lipinski definition) is 1. The van der Waals surface area contributed by atoms with E-state index in [1.165, 1.54) is 6.42 Å². The van der Waals surface area contributed by atoms with Crippen LogP contribution in [0.2, 0.25) is 0 Å². The van der Waals surface area contributed by atoms with Gasteiger partial charge in [-0.3, -0.25) is 4.79 Å². The van der Waals surface area contributed by atoms with Crippen LogP contribution in [-0.4, -0.2) is 28.5 Å². The smallest absolute Gasteiger partial charge is 0.242 e. The van der Waals surface area contributed by atoms with Gasteiger partial charge in [0.25, 0.3) is 0 Å². The normalized spacial score (nSPS) is 15.9. The van der Waals surface area contributed by atoms with E-state index in [4.69, 9.17) is 5.73 Å². The summed E-state index contributed by atoms with van der Waals surface area (Å²) in [5, 5.41) is 1.02. The van der Waals surface area contributed by atoms with E-state index in [0.29, 0.717) is 6.54 Å². The van der Waals surface area contributed by atoms with E-state index < -0.39 is 0 Å². The highest BCUT2D eigenvalue weighted by atomic mass is 16.2. The molecule has 0 unspecified atom stereocenters. The SMILES string of the molecule is Nc1cccc2c1ccn2CC(=O)N1CCCCC1. The second-order valence-electron chi connectivity index (χ2n) is 5.17. The van der Waals surface area contributed by atoms with Crippen molar-refractivity contribution in [3.05, 3.63) is 30.5 Å². The molecule has 1 aliphatic rings. The Morgan fingerprint density at radius 2 is 1.95 bits per heavy atom. The van der Waals surface area contributed by atoms with Gasteiger partial charge in [0, 0.05) is 30.4 Å². The Kier molecular flexibility index (Phi) is 3.15. The van der Waals surface area contributed by atoms with Gasteiger partial charge < -0.3 is 15.2 Å². The highest BCUT2D eigenvalue weighted by Crippen LogP contribution is 2.22. The Hall–Kier alpha value is -1.97. The van der Waals surface area contributed by atoms with E-state index >= 15 is 0 Å². The van der Waals surface area contributed by atoms with Gasteiger partial charge in [-0.25, -0.2) is 0 Å². The molecule has 0 bridgehead atoms. The summed E-state index contributed by atoms with van der Waals surface area (Å²) in [6, 6.07) is 7.81. The van der Waals surface area contributed by atoms with Gasteiger partial charge in [0.05, 0.1) is 5.52 Å². The topological polar surface area (TPSA) is 51.3 Å². The zero-order valence-electron chi connectivity index (χ0n) is 11.0. The molecule has 2 aromatic rings. The third-order valence-corrected chi connectivity index (χ3v) is 3.86. The summed E-state index contributed by atoms with van der Waals surface area (Å²) in [6.45, 7) is 2.22. The molecule has 0 spiro atoms. The summed E-state index contributed by atoms with van der Waals surface area (Å²) in [4.78, 5) is 14.2. The Morgan fingerprint density at radius 3 is 2.74 bits per heavy atom. The van der Waals surface area contributed by atoms with Crippen LogP contribution >= 0.6 is 0 Å². The van der Waals surface area contributed by atoms with Crippen LogP contribution in [-0.2, 0) is 11.3 Å². The summed E-state index contributed by atoms with van der Waals surface area (Å²) < 4.78 is 1.99. The fourth-order valence-corrected chi connectivity index (χ4v) is 2.77.